The molecule has 0 aliphatic rings. The minimum atomic E-state index is 0.209. The first kappa shape index (κ1) is 13.2. The Kier molecular flexibility index (Phi) is 5.46. The second-order valence-corrected chi connectivity index (χ2v) is 4.14. The average Bonchev–Trinajstić information content (AvgIpc) is 2.31. The Morgan fingerprint density at radius 2 is 2.00 bits per heavy atom. The van der Waals surface area contributed by atoms with Crippen LogP contribution in [0.2, 0.25) is 5.28 Å². The summed E-state index contributed by atoms with van der Waals surface area (Å²) in [7, 11) is 0. The maximum absolute atomic E-state index is 5.74. The Hall–Kier alpha value is -0.900. The van der Waals surface area contributed by atoms with E-state index in [9.17, 15) is 0 Å². The highest BCUT2D eigenvalue weighted by atomic mass is 35.5. The van der Waals surface area contributed by atoms with Gasteiger partial charge in [0.25, 0.3) is 0 Å². The lowest BCUT2D eigenvalue weighted by Gasteiger charge is -2.25. The molecule has 0 spiro atoms. The van der Waals surface area contributed by atoms with Crippen LogP contribution in [0, 0.1) is 5.92 Å². The smallest absolute Gasteiger partial charge is 0.244 e. The van der Waals surface area contributed by atoms with Gasteiger partial charge in [0.1, 0.15) is 0 Å². The van der Waals surface area contributed by atoms with Gasteiger partial charge in [-0.15, -0.1) is 5.10 Å². The van der Waals surface area contributed by atoms with Crippen molar-refractivity contribution in [1.82, 2.24) is 15.2 Å². The third kappa shape index (κ3) is 3.59. The summed E-state index contributed by atoms with van der Waals surface area (Å²) in [6.45, 7) is 8.45. The third-order valence-corrected chi connectivity index (χ3v) is 3.02. The molecule has 0 saturated carbocycles. The fourth-order valence-electron chi connectivity index (χ4n) is 1.67. The van der Waals surface area contributed by atoms with Crippen molar-refractivity contribution in [3.63, 3.8) is 0 Å². The summed E-state index contributed by atoms with van der Waals surface area (Å²) in [5.74, 6) is 1.50. The van der Waals surface area contributed by atoms with E-state index in [1.165, 1.54) is 12.8 Å². The molecule has 1 aromatic rings. The topological polar surface area (TPSA) is 41.9 Å². The van der Waals surface area contributed by atoms with Gasteiger partial charge >= 0.3 is 0 Å². The second-order valence-electron chi connectivity index (χ2n) is 3.80. The normalized spacial score (nSPS) is 10.8. The molecule has 0 atom stereocenters. The average molecular weight is 243 g/mol. The Balaban J connectivity index is 2.74. The minimum Gasteiger partial charge on any atom is -0.355 e. The quantitative estimate of drug-likeness (QED) is 0.769. The van der Waals surface area contributed by atoms with Gasteiger partial charge in [-0.05, 0) is 24.4 Å². The molecule has 0 fully saturated rings. The molecule has 1 heterocycles. The predicted octanol–water partition coefficient (Wildman–Crippen LogP) is 2.79. The standard InChI is InChI=1S/C11H19ClN4/c1-4-9(5-2)8-16(6-3)10-7-13-15-11(12)14-10/h7,9H,4-6,8H2,1-3H3. The van der Waals surface area contributed by atoms with Crippen LogP contribution in [-0.4, -0.2) is 28.3 Å². The van der Waals surface area contributed by atoms with Crippen LogP contribution >= 0.6 is 11.6 Å². The monoisotopic (exact) mass is 242 g/mol. The van der Waals surface area contributed by atoms with Crippen LogP contribution in [-0.2, 0) is 0 Å². The molecule has 5 heteroatoms. The van der Waals surface area contributed by atoms with E-state index in [-0.39, 0.29) is 5.28 Å². The molecule has 0 unspecified atom stereocenters. The second kappa shape index (κ2) is 6.63. The van der Waals surface area contributed by atoms with E-state index in [1.54, 1.807) is 6.20 Å². The summed E-state index contributed by atoms with van der Waals surface area (Å²) >= 11 is 5.74. The molecule has 0 aliphatic carbocycles. The molecular weight excluding hydrogens is 224 g/mol. The summed E-state index contributed by atoms with van der Waals surface area (Å²) < 4.78 is 0. The molecule has 1 aromatic heterocycles. The molecule has 0 bridgehead atoms. The van der Waals surface area contributed by atoms with Crippen LogP contribution in [0.5, 0.6) is 0 Å². The van der Waals surface area contributed by atoms with Gasteiger partial charge in [-0.2, -0.15) is 10.1 Å². The summed E-state index contributed by atoms with van der Waals surface area (Å²) in [5.41, 5.74) is 0. The van der Waals surface area contributed by atoms with Crippen LogP contribution in [0.1, 0.15) is 33.6 Å². The van der Waals surface area contributed by atoms with Crippen molar-refractivity contribution in [2.45, 2.75) is 33.6 Å². The van der Waals surface area contributed by atoms with E-state index in [2.05, 4.69) is 40.9 Å². The van der Waals surface area contributed by atoms with Crippen LogP contribution in [0.15, 0.2) is 6.20 Å². The number of anilines is 1. The van der Waals surface area contributed by atoms with E-state index in [0.717, 1.165) is 18.9 Å². The largest absolute Gasteiger partial charge is 0.355 e. The highest BCUT2D eigenvalue weighted by molar-refractivity contribution is 6.28. The van der Waals surface area contributed by atoms with Crippen molar-refractivity contribution in [1.29, 1.82) is 0 Å². The van der Waals surface area contributed by atoms with Crippen molar-refractivity contribution >= 4 is 17.4 Å². The van der Waals surface area contributed by atoms with Crippen LogP contribution < -0.4 is 4.90 Å². The molecule has 0 amide bonds. The lowest BCUT2D eigenvalue weighted by molar-refractivity contribution is 0.484. The van der Waals surface area contributed by atoms with Gasteiger partial charge in [-0.3, -0.25) is 0 Å². The van der Waals surface area contributed by atoms with E-state index in [4.69, 9.17) is 11.6 Å². The Labute approximate surface area is 102 Å². The zero-order valence-corrected chi connectivity index (χ0v) is 10.9. The minimum absolute atomic E-state index is 0.209. The molecule has 16 heavy (non-hydrogen) atoms. The number of halogens is 1. The van der Waals surface area contributed by atoms with Crippen molar-refractivity contribution in [2.75, 3.05) is 18.0 Å². The van der Waals surface area contributed by atoms with Crippen molar-refractivity contribution in [3.8, 4) is 0 Å². The van der Waals surface area contributed by atoms with Gasteiger partial charge < -0.3 is 4.90 Å². The number of nitrogens with zero attached hydrogens (tertiary/aromatic N) is 4. The fourth-order valence-corrected chi connectivity index (χ4v) is 1.80. The molecule has 4 nitrogen and oxygen atoms in total. The van der Waals surface area contributed by atoms with Gasteiger partial charge in [-0.25, -0.2) is 0 Å². The van der Waals surface area contributed by atoms with Gasteiger partial charge in [0.2, 0.25) is 5.28 Å². The summed E-state index contributed by atoms with van der Waals surface area (Å²) in [4.78, 5) is 6.38. The lowest BCUT2D eigenvalue weighted by atomic mass is 10.0. The van der Waals surface area contributed by atoms with Gasteiger partial charge in [-0.1, -0.05) is 26.7 Å². The lowest BCUT2D eigenvalue weighted by Crippen LogP contribution is -2.30. The highest BCUT2D eigenvalue weighted by Gasteiger charge is 2.12. The number of hydrogen-bond donors (Lipinski definition) is 0. The summed E-state index contributed by atoms with van der Waals surface area (Å²) in [6, 6.07) is 0. The zero-order chi connectivity index (χ0) is 12.0. The first-order chi connectivity index (χ1) is 7.71. The molecule has 0 aliphatic heterocycles. The molecule has 0 saturated heterocycles. The Bertz CT molecular complexity index is 315. The van der Waals surface area contributed by atoms with E-state index < -0.39 is 0 Å². The maximum Gasteiger partial charge on any atom is 0.244 e. The zero-order valence-electron chi connectivity index (χ0n) is 10.1. The van der Waals surface area contributed by atoms with Crippen molar-refractivity contribution < 1.29 is 0 Å². The van der Waals surface area contributed by atoms with Crippen molar-refractivity contribution in [2.24, 2.45) is 5.92 Å². The Morgan fingerprint density at radius 1 is 1.31 bits per heavy atom. The molecule has 0 N–H and O–H groups in total. The number of aromatic nitrogens is 3. The molecule has 90 valence electrons. The third-order valence-electron chi connectivity index (χ3n) is 2.86. The molecular formula is C11H19ClN4. The van der Waals surface area contributed by atoms with Crippen LogP contribution in [0.25, 0.3) is 0 Å². The summed E-state index contributed by atoms with van der Waals surface area (Å²) in [5, 5.41) is 7.69. The molecule has 0 aromatic carbocycles. The fraction of sp³-hybridized carbons (Fsp3) is 0.727. The van der Waals surface area contributed by atoms with Crippen LogP contribution in [0.3, 0.4) is 0 Å². The first-order valence-electron chi connectivity index (χ1n) is 5.81. The number of hydrogen-bond acceptors (Lipinski definition) is 4. The summed E-state index contributed by atoms with van der Waals surface area (Å²) in [6.07, 6.45) is 4.02. The predicted molar refractivity (Wildman–Crippen MR) is 66.8 cm³/mol. The molecule has 1 rings (SSSR count). The van der Waals surface area contributed by atoms with E-state index in [0.29, 0.717) is 5.92 Å². The van der Waals surface area contributed by atoms with Gasteiger partial charge in [0.15, 0.2) is 5.82 Å². The van der Waals surface area contributed by atoms with E-state index >= 15 is 0 Å². The first-order valence-corrected chi connectivity index (χ1v) is 6.19. The highest BCUT2D eigenvalue weighted by Crippen LogP contribution is 2.16. The molecule has 0 radical (unpaired) electrons. The SMILES string of the molecule is CCC(CC)CN(CC)c1cnnc(Cl)n1. The number of rotatable bonds is 6. The van der Waals surface area contributed by atoms with E-state index in [1.807, 2.05) is 0 Å². The maximum atomic E-state index is 5.74. The van der Waals surface area contributed by atoms with Gasteiger partial charge in [0, 0.05) is 13.1 Å². The van der Waals surface area contributed by atoms with Crippen LogP contribution in [0.4, 0.5) is 5.82 Å². The van der Waals surface area contributed by atoms with Crippen molar-refractivity contribution in [3.05, 3.63) is 11.5 Å². The van der Waals surface area contributed by atoms with Gasteiger partial charge in [0.05, 0.1) is 6.20 Å². The Morgan fingerprint density at radius 3 is 2.50 bits per heavy atom.